The molecule has 0 aliphatic heterocycles. The standard InChI is InChI=1S/C11H16ClN3O2/c1-4-5-9-14-8(12)6-10(15-9)13-7(2)11(16)17-3/h6-7H,4-5H2,1-3H3,(H,13,14,15). The zero-order valence-corrected chi connectivity index (χ0v) is 10.9. The van der Waals surface area contributed by atoms with Crippen LogP contribution >= 0.6 is 11.6 Å². The molecule has 0 bridgehead atoms. The predicted octanol–water partition coefficient (Wildman–Crippen LogP) is 2.06. The van der Waals surface area contributed by atoms with Gasteiger partial charge in [0, 0.05) is 12.5 Å². The minimum absolute atomic E-state index is 0.350. The molecule has 1 aromatic heterocycles. The van der Waals surface area contributed by atoms with E-state index in [9.17, 15) is 4.79 Å². The smallest absolute Gasteiger partial charge is 0.328 e. The highest BCUT2D eigenvalue weighted by Crippen LogP contribution is 2.13. The van der Waals surface area contributed by atoms with Crippen molar-refractivity contribution in [3.63, 3.8) is 0 Å². The number of anilines is 1. The fraction of sp³-hybridized carbons (Fsp3) is 0.545. The van der Waals surface area contributed by atoms with Crippen molar-refractivity contribution in [3.8, 4) is 0 Å². The van der Waals surface area contributed by atoms with Crippen LogP contribution in [0, 0.1) is 0 Å². The Morgan fingerprint density at radius 3 is 2.88 bits per heavy atom. The van der Waals surface area contributed by atoms with Gasteiger partial charge in [0.05, 0.1) is 7.11 Å². The lowest BCUT2D eigenvalue weighted by Gasteiger charge is -2.12. The Morgan fingerprint density at radius 1 is 1.59 bits per heavy atom. The number of rotatable bonds is 5. The van der Waals surface area contributed by atoms with E-state index in [0.29, 0.717) is 16.8 Å². The Hall–Kier alpha value is -1.36. The number of nitrogens with one attached hydrogen (secondary N) is 1. The van der Waals surface area contributed by atoms with E-state index in [-0.39, 0.29) is 5.97 Å². The molecule has 0 fully saturated rings. The third-order valence-electron chi connectivity index (χ3n) is 2.13. The molecule has 0 aromatic carbocycles. The summed E-state index contributed by atoms with van der Waals surface area (Å²) in [4.78, 5) is 19.6. The lowest BCUT2D eigenvalue weighted by Crippen LogP contribution is -2.27. The molecule has 0 aliphatic carbocycles. The fourth-order valence-corrected chi connectivity index (χ4v) is 1.53. The number of hydrogen-bond acceptors (Lipinski definition) is 5. The number of esters is 1. The molecular weight excluding hydrogens is 242 g/mol. The van der Waals surface area contributed by atoms with Gasteiger partial charge in [-0.2, -0.15) is 0 Å². The molecule has 1 heterocycles. The molecule has 1 N–H and O–H groups in total. The van der Waals surface area contributed by atoms with Crippen molar-refractivity contribution in [2.75, 3.05) is 12.4 Å². The van der Waals surface area contributed by atoms with Gasteiger partial charge < -0.3 is 10.1 Å². The van der Waals surface area contributed by atoms with E-state index in [4.69, 9.17) is 11.6 Å². The summed E-state index contributed by atoms with van der Waals surface area (Å²) < 4.78 is 4.61. The molecule has 1 atom stereocenters. The van der Waals surface area contributed by atoms with Crippen LogP contribution < -0.4 is 5.32 Å². The zero-order valence-electron chi connectivity index (χ0n) is 10.2. The largest absolute Gasteiger partial charge is 0.467 e. The van der Waals surface area contributed by atoms with Gasteiger partial charge >= 0.3 is 5.97 Å². The highest BCUT2D eigenvalue weighted by Gasteiger charge is 2.14. The summed E-state index contributed by atoms with van der Waals surface area (Å²) in [6, 6.07) is 1.11. The van der Waals surface area contributed by atoms with Crippen molar-refractivity contribution in [1.82, 2.24) is 9.97 Å². The summed E-state index contributed by atoms with van der Waals surface area (Å²) in [5.41, 5.74) is 0. The quantitative estimate of drug-likeness (QED) is 0.646. The third-order valence-corrected chi connectivity index (χ3v) is 2.33. The first-order valence-electron chi connectivity index (χ1n) is 5.44. The molecular formula is C11H16ClN3O2. The van der Waals surface area contributed by atoms with Crippen molar-refractivity contribution < 1.29 is 9.53 Å². The van der Waals surface area contributed by atoms with Gasteiger partial charge in [-0.25, -0.2) is 14.8 Å². The number of methoxy groups -OCH3 is 1. The van der Waals surface area contributed by atoms with Gasteiger partial charge in [-0.3, -0.25) is 0 Å². The van der Waals surface area contributed by atoms with Crippen LogP contribution in [0.5, 0.6) is 0 Å². The normalized spacial score (nSPS) is 12.0. The molecule has 0 spiro atoms. The van der Waals surface area contributed by atoms with Crippen molar-refractivity contribution in [2.24, 2.45) is 0 Å². The first kappa shape index (κ1) is 13.7. The lowest BCUT2D eigenvalue weighted by atomic mass is 10.3. The van der Waals surface area contributed by atoms with Crippen LogP contribution in [0.15, 0.2) is 6.07 Å². The van der Waals surface area contributed by atoms with Crippen LogP contribution in [0.2, 0.25) is 5.15 Å². The van der Waals surface area contributed by atoms with E-state index < -0.39 is 6.04 Å². The summed E-state index contributed by atoms with van der Waals surface area (Å²) in [7, 11) is 1.34. The van der Waals surface area contributed by atoms with E-state index in [1.54, 1.807) is 13.0 Å². The molecule has 17 heavy (non-hydrogen) atoms. The fourth-order valence-electron chi connectivity index (χ4n) is 1.33. The molecule has 0 radical (unpaired) electrons. The number of carbonyl (C=O) groups is 1. The molecule has 0 saturated heterocycles. The van der Waals surface area contributed by atoms with Crippen molar-refractivity contribution in [1.29, 1.82) is 0 Å². The van der Waals surface area contributed by atoms with Crippen molar-refractivity contribution in [2.45, 2.75) is 32.7 Å². The number of halogens is 1. The number of nitrogens with zero attached hydrogens (tertiary/aromatic N) is 2. The Labute approximate surface area is 106 Å². The van der Waals surface area contributed by atoms with Crippen LogP contribution in [0.25, 0.3) is 0 Å². The molecule has 1 rings (SSSR count). The summed E-state index contributed by atoms with van der Waals surface area (Å²) in [5.74, 6) is 0.850. The second kappa shape index (κ2) is 6.39. The van der Waals surface area contributed by atoms with Gasteiger partial charge in [0.1, 0.15) is 22.8 Å². The molecule has 5 nitrogen and oxygen atoms in total. The van der Waals surface area contributed by atoms with Crippen LogP contribution in [0.1, 0.15) is 26.1 Å². The minimum Gasteiger partial charge on any atom is -0.467 e. The van der Waals surface area contributed by atoms with Crippen LogP contribution in [-0.2, 0) is 16.0 Å². The average molecular weight is 258 g/mol. The summed E-state index contributed by atoms with van der Waals surface area (Å²) in [6.45, 7) is 3.73. The maximum Gasteiger partial charge on any atom is 0.328 e. The summed E-state index contributed by atoms with van der Waals surface area (Å²) >= 11 is 5.88. The van der Waals surface area contributed by atoms with Crippen molar-refractivity contribution in [3.05, 3.63) is 17.0 Å². The highest BCUT2D eigenvalue weighted by atomic mass is 35.5. The van der Waals surface area contributed by atoms with Crippen LogP contribution in [-0.4, -0.2) is 29.1 Å². The molecule has 0 saturated carbocycles. The van der Waals surface area contributed by atoms with Gasteiger partial charge in [0.15, 0.2) is 0 Å². The lowest BCUT2D eigenvalue weighted by molar-refractivity contribution is -0.141. The topological polar surface area (TPSA) is 64.1 Å². The first-order valence-corrected chi connectivity index (χ1v) is 5.82. The van der Waals surface area contributed by atoms with E-state index >= 15 is 0 Å². The van der Waals surface area contributed by atoms with Gasteiger partial charge in [0.25, 0.3) is 0 Å². The molecule has 0 amide bonds. The maximum absolute atomic E-state index is 11.3. The van der Waals surface area contributed by atoms with E-state index in [1.807, 2.05) is 6.92 Å². The number of ether oxygens (including phenoxy) is 1. The Kier molecular flexibility index (Phi) is 5.15. The van der Waals surface area contributed by atoms with Gasteiger partial charge in [-0.15, -0.1) is 0 Å². The minimum atomic E-state index is -0.472. The number of aromatic nitrogens is 2. The second-order valence-electron chi connectivity index (χ2n) is 3.63. The van der Waals surface area contributed by atoms with Crippen LogP contribution in [0.3, 0.4) is 0 Å². The monoisotopic (exact) mass is 257 g/mol. The number of hydrogen-bond donors (Lipinski definition) is 1. The Balaban J connectivity index is 2.80. The molecule has 94 valence electrons. The van der Waals surface area contributed by atoms with E-state index in [0.717, 1.165) is 12.8 Å². The third kappa shape index (κ3) is 4.19. The second-order valence-corrected chi connectivity index (χ2v) is 4.02. The number of aryl methyl sites for hydroxylation is 1. The predicted molar refractivity (Wildman–Crippen MR) is 66.1 cm³/mol. The molecule has 0 aliphatic rings. The Morgan fingerprint density at radius 2 is 2.29 bits per heavy atom. The molecule has 1 unspecified atom stereocenters. The summed E-state index contributed by atoms with van der Waals surface area (Å²) in [6.07, 6.45) is 1.69. The number of carbonyl (C=O) groups excluding carboxylic acids is 1. The van der Waals surface area contributed by atoms with Gasteiger partial charge in [0.2, 0.25) is 0 Å². The van der Waals surface area contributed by atoms with Crippen molar-refractivity contribution >= 4 is 23.4 Å². The Bertz CT molecular complexity index is 398. The maximum atomic E-state index is 11.3. The SMILES string of the molecule is CCCc1nc(Cl)cc(NC(C)C(=O)OC)n1. The first-order chi connectivity index (χ1) is 8.06. The summed E-state index contributed by atoms with van der Waals surface area (Å²) in [5, 5.41) is 3.29. The van der Waals surface area contributed by atoms with Crippen LogP contribution in [0.4, 0.5) is 5.82 Å². The van der Waals surface area contributed by atoms with Gasteiger partial charge in [-0.05, 0) is 13.3 Å². The van der Waals surface area contributed by atoms with E-state index in [1.165, 1.54) is 7.11 Å². The van der Waals surface area contributed by atoms with E-state index in [2.05, 4.69) is 20.0 Å². The average Bonchev–Trinajstić information content (AvgIpc) is 2.27. The van der Waals surface area contributed by atoms with Gasteiger partial charge in [-0.1, -0.05) is 18.5 Å². The zero-order chi connectivity index (χ0) is 12.8. The highest BCUT2D eigenvalue weighted by molar-refractivity contribution is 6.29. The molecule has 1 aromatic rings. The molecule has 6 heteroatoms.